The van der Waals surface area contributed by atoms with Crippen molar-refractivity contribution in [3.8, 4) is 0 Å². The Balaban J connectivity index is 1.78. The molecular formula is C24H34N4O3. The first-order chi connectivity index (χ1) is 14.7. The third-order valence-electron chi connectivity index (χ3n) is 6.84. The van der Waals surface area contributed by atoms with Crippen molar-refractivity contribution in [1.29, 1.82) is 0 Å². The zero-order valence-corrected chi connectivity index (χ0v) is 18.9. The van der Waals surface area contributed by atoms with Crippen LogP contribution < -0.4 is 5.32 Å². The molecule has 0 saturated heterocycles. The lowest BCUT2D eigenvalue weighted by atomic mass is 9.74. The first-order valence-electron chi connectivity index (χ1n) is 11.0. The SMILES string of the molecule is CC(=O)NC[C@]1(c2ccccc2)CC[C@H](O)[C@@H](N(C)C(=O)Cc2c(C)n[nH]c2C)CC1. The van der Waals surface area contributed by atoms with Gasteiger partial charge in [0, 0.05) is 37.2 Å². The van der Waals surface area contributed by atoms with E-state index in [0.29, 0.717) is 19.4 Å². The van der Waals surface area contributed by atoms with Crippen LogP contribution in [0.2, 0.25) is 0 Å². The number of rotatable bonds is 6. The van der Waals surface area contributed by atoms with Gasteiger partial charge in [-0.05, 0) is 45.1 Å². The largest absolute Gasteiger partial charge is 0.391 e. The first-order valence-corrected chi connectivity index (χ1v) is 11.0. The van der Waals surface area contributed by atoms with E-state index < -0.39 is 6.10 Å². The predicted octanol–water partition coefficient (Wildman–Crippen LogP) is 2.41. The number of aryl methyl sites for hydroxylation is 2. The standard InChI is InChI=1S/C24H34N4O3/c1-16-20(17(2)27-26-16)14-23(31)28(4)21-10-12-24(13-11-22(21)30,15-25-18(3)29)19-8-6-5-7-9-19/h5-9,21-22,30H,10-15H2,1-4H3,(H,25,29)(H,26,27)/t21-,22-,24+/m0/s1. The van der Waals surface area contributed by atoms with Gasteiger partial charge in [-0.2, -0.15) is 5.10 Å². The lowest BCUT2D eigenvalue weighted by Crippen LogP contribution is -2.45. The van der Waals surface area contributed by atoms with Gasteiger partial charge in [0.25, 0.3) is 0 Å². The first kappa shape index (κ1) is 23.0. The molecule has 1 aliphatic rings. The quantitative estimate of drug-likeness (QED) is 0.618. The number of H-pyrrole nitrogens is 1. The number of likely N-dealkylation sites (N-methyl/N-ethyl adjacent to an activating group) is 1. The van der Waals surface area contributed by atoms with Gasteiger partial charge in [-0.15, -0.1) is 0 Å². The van der Waals surface area contributed by atoms with Gasteiger partial charge in [0.1, 0.15) is 0 Å². The van der Waals surface area contributed by atoms with Crippen LogP contribution in [0, 0.1) is 13.8 Å². The molecular weight excluding hydrogens is 392 g/mol. The molecule has 3 atom stereocenters. The average molecular weight is 427 g/mol. The molecule has 0 spiro atoms. The summed E-state index contributed by atoms with van der Waals surface area (Å²) in [6.45, 7) is 5.86. The molecule has 1 heterocycles. The molecule has 168 valence electrons. The van der Waals surface area contributed by atoms with Crippen molar-refractivity contribution in [3.05, 3.63) is 52.8 Å². The monoisotopic (exact) mass is 426 g/mol. The third kappa shape index (κ3) is 5.15. The number of amides is 2. The Morgan fingerprint density at radius 2 is 1.90 bits per heavy atom. The topological polar surface area (TPSA) is 98.3 Å². The minimum atomic E-state index is -0.608. The summed E-state index contributed by atoms with van der Waals surface area (Å²) in [5.74, 6) is -0.0829. The number of aromatic nitrogens is 2. The van der Waals surface area contributed by atoms with E-state index in [4.69, 9.17) is 0 Å². The number of aromatic amines is 1. The molecule has 0 bridgehead atoms. The molecule has 3 N–H and O–H groups in total. The number of aliphatic hydroxyl groups is 1. The number of hydrogen-bond donors (Lipinski definition) is 3. The fourth-order valence-electron chi connectivity index (χ4n) is 4.76. The molecule has 0 radical (unpaired) electrons. The lowest BCUT2D eigenvalue weighted by molar-refractivity contribution is -0.133. The minimum absolute atomic E-state index is 0.0225. The molecule has 1 fully saturated rings. The number of nitrogens with zero attached hydrogens (tertiary/aromatic N) is 2. The molecule has 1 saturated carbocycles. The Bertz CT molecular complexity index is 891. The summed E-state index contributed by atoms with van der Waals surface area (Å²) in [5, 5.41) is 21.1. The molecule has 1 aromatic carbocycles. The number of carbonyl (C=O) groups is 2. The van der Waals surface area contributed by atoms with Crippen LogP contribution in [0.5, 0.6) is 0 Å². The van der Waals surface area contributed by atoms with Crippen molar-refractivity contribution in [2.75, 3.05) is 13.6 Å². The minimum Gasteiger partial charge on any atom is -0.391 e. The molecule has 7 heteroatoms. The predicted molar refractivity (Wildman–Crippen MR) is 120 cm³/mol. The highest BCUT2D eigenvalue weighted by Gasteiger charge is 2.40. The molecule has 1 aromatic heterocycles. The second-order valence-electron chi connectivity index (χ2n) is 8.86. The summed E-state index contributed by atoms with van der Waals surface area (Å²) in [6, 6.07) is 9.92. The Morgan fingerprint density at radius 1 is 1.23 bits per heavy atom. The summed E-state index contributed by atoms with van der Waals surface area (Å²) in [6.07, 6.45) is 2.42. The van der Waals surface area contributed by atoms with Crippen LogP contribution in [-0.2, 0) is 21.4 Å². The van der Waals surface area contributed by atoms with Crippen molar-refractivity contribution in [2.45, 2.75) is 70.4 Å². The number of aliphatic hydroxyl groups excluding tert-OH is 1. The number of carbonyl (C=O) groups excluding carboxylic acids is 2. The maximum absolute atomic E-state index is 13.0. The Morgan fingerprint density at radius 3 is 2.52 bits per heavy atom. The van der Waals surface area contributed by atoms with Gasteiger partial charge in [0.05, 0.1) is 24.3 Å². The van der Waals surface area contributed by atoms with E-state index in [1.54, 1.807) is 11.9 Å². The van der Waals surface area contributed by atoms with Crippen LogP contribution in [0.15, 0.2) is 30.3 Å². The van der Waals surface area contributed by atoms with Crippen LogP contribution in [0.4, 0.5) is 0 Å². The van der Waals surface area contributed by atoms with Crippen molar-refractivity contribution in [2.24, 2.45) is 0 Å². The highest BCUT2D eigenvalue weighted by atomic mass is 16.3. The van der Waals surface area contributed by atoms with Crippen LogP contribution in [0.1, 0.15) is 55.1 Å². The van der Waals surface area contributed by atoms with Gasteiger partial charge in [0.2, 0.25) is 11.8 Å². The smallest absolute Gasteiger partial charge is 0.227 e. The maximum atomic E-state index is 13.0. The molecule has 7 nitrogen and oxygen atoms in total. The van der Waals surface area contributed by atoms with Gasteiger partial charge in [-0.3, -0.25) is 14.7 Å². The van der Waals surface area contributed by atoms with Gasteiger partial charge < -0.3 is 15.3 Å². The van der Waals surface area contributed by atoms with Crippen molar-refractivity contribution in [3.63, 3.8) is 0 Å². The summed E-state index contributed by atoms with van der Waals surface area (Å²) in [5.41, 5.74) is 3.56. The summed E-state index contributed by atoms with van der Waals surface area (Å²) < 4.78 is 0. The summed E-state index contributed by atoms with van der Waals surface area (Å²) in [4.78, 5) is 26.4. The second kappa shape index (κ2) is 9.64. The van der Waals surface area contributed by atoms with Crippen molar-refractivity contribution < 1.29 is 14.7 Å². The zero-order chi connectivity index (χ0) is 22.6. The van der Waals surface area contributed by atoms with E-state index in [0.717, 1.165) is 35.4 Å². The Kier molecular flexibility index (Phi) is 7.15. The van der Waals surface area contributed by atoms with Crippen molar-refractivity contribution in [1.82, 2.24) is 20.4 Å². The summed E-state index contributed by atoms with van der Waals surface area (Å²) in [7, 11) is 1.78. The van der Waals surface area contributed by atoms with E-state index in [9.17, 15) is 14.7 Å². The molecule has 1 aliphatic carbocycles. The van der Waals surface area contributed by atoms with E-state index in [-0.39, 0.29) is 29.7 Å². The average Bonchev–Trinajstić information content (AvgIpc) is 2.97. The van der Waals surface area contributed by atoms with Gasteiger partial charge in [0.15, 0.2) is 0 Å². The van der Waals surface area contributed by atoms with Gasteiger partial charge in [-0.1, -0.05) is 30.3 Å². The zero-order valence-electron chi connectivity index (χ0n) is 18.9. The molecule has 2 amide bonds. The Hall–Kier alpha value is -2.67. The fraction of sp³-hybridized carbons (Fsp3) is 0.542. The van der Waals surface area contributed by atoms with Crippen LogP contribution >= 0.6 is 0 Å². The number of benzene rings is 1. The molecule has 0 aliphatic heterocycles. The van der Waals surface area contributed by atoms with Gasteiger partial charge in [-0.25, -0.2) is 0 Å². The van der Waals surface area contributed by atoms with Crippen LogP contribution in [-0.4, -0.2) is 57.8 Å². The third-order valence-corrected chi connectivity index (χ3v) is 6.84. The molecule has 31 heavy (non-hydrogen) atoms. The van der Waals surface area contributed by atoms with E-state index in [2.05, 4.69) is 27.6 Å². The molecule has 3 rings (SSSR count). The number of nitrogens with one attached hydrogen (secondary N) is 2. The lowest BCUT2D eigenvalue weighted by Gasteiger charge is -2.34. The Labute approximate surface area is 184 Å². The fourth-order valence-corrected chi connectivity index (χ4v) is 4.76. The highest BCUT2D eigenvalue weighted by Crippen LogP contribution is 2.39. The number of hydrogen-bond acceptors (Lipinski definition) is 4. The summed E-state index contributed by atoms with van der Waals surface area (Å²) >= 11 is 0. The van der Waals surface area contributed by atoms with E-state index in [1.807, 2.05) is 32.0 Å². The maximum Gasteiger partial charge on any atom is 0.227 e. The van der Waals surface area contributed by atoms with Crippen molar-refractivity contribution >= 4 is 11.8 Å². The van der Waals surface area contributed by atoms with Gasteiger partial charge >= 0.3 is 0 Å². The van der Waals surface area contributed by atoms with E-state index in [1.165, 1.54) is 6.92 Å². The van der Waals surface area contributed by atoms with Crippen LogP contribution in [0.3, 0.4) is 0 Å². The normalized spacial score (nSPS) is 23.8. The molecule has 2 aromatic rings. The van der Waals surface area contributed by atoms with E-state index >= 15 is 0 Å². The highest BCUT2D eigenvalue weighted by molar-refractivity contribution is 5.79. The van der Waals surface area contributed by atoms with Crippen LogP contribution in [0.25, 0.3) is 0 Å². The molecule has 0 unspecified atom stereocenters. The second-order valence-corrected chi connectivity index (χ2v) is 8.86.